The molecule has 0 saturated carbocycles. The zero-order chi connectivity index (χ0) is 16.2. The van der Waals surface area contributed by atoms with Crippen LogP contribution in [-0.2, 0) is 13.1 Å². The number of phenolic OH excluding ortho intramolecular Hbond substituents is 1. The summed E-state index contributed by atoms with van der Waals surface area (Å²) in [5, 5.41) is 13.1. The maximum atomic E-state index is 13.5. The van der Waals surface area contributed by atoms with Crippen LogP contribution in [0, 0.1) is 5.82 Å². The number of nitrogens with one attached hydrogen (secondary N) is 1. The first kappa shape index (κ1) is 15.9. The van der Waals surface area contributed by atoms with Crippen LogP contribution in [0.3, 0.4) is 0 Å². The van der Waals surface area contributed by atoms with Crippen molar-refractivity contribution in [2.24, 2.45) is 0 Å². The van der Waals surface area contributed by atoms with Crippen LogP contribution in [-0.4, -0.2) is 18.3 Å². The van der Waals surface area contributed by atoms with E-state index >= 15 is 0 Å². The largest absolute Gasteiger partial charge is 0.505 e. The number of benzene rings is 2. The van der Waals surface area contributed by atoms with Crippen molar-refractivity contribution in [3.63, 3.8) is 0 Å². The van der Waals surface area contributed by atoms with Crippen molar-refractivity contribution in [1.29, 1.82) is 0 Å². The van der Waals surface area contributed by atoms with Crippen LogP contribution >= 0.6 is 11.6 Å². The Labute approximate surface area is 138 Å². The zero-order valence-corrected chi connectivity index (χ0v) is 13.2. The molecule has 4 nitrogen and oxygen atoms in total. The molecule has 6 heteroatoms. The maximum Gasteiger partial charge on any atom is 0.166 e. The molecule has 0 radical (unpaired) electrons. The molecule has 0 bridgehead atoms. The van der Waals surface area contributed by atoms with E-state index in [9.17, 15) is 9.50 Å². The maximum absolute atomic E-state index is 13.5. The summed E-state index contributed by atoms with van der Waals surface area (Å²) in [7, 11) is 0. The number of hydrogen-bond donors (Lipinski definition) is 2. The Morgan fingerprint density at radius 2 is 1.91 bits per heavy atom. The molecule has 2 N–H and O–H groups in total. The van der Waals surface area contributed by atoms with Gasteiger partial charge in [0.05, 0.1) is 13.2 Å². The predicted molar refractivity (Wildman–Crippen MR) is 85.7 cm³/mol. The number of fused-ring (bicyclic) bond motifs is 1. The van der Waals surface area contributed by atoms with Gasteiger partial charge in [0, 0.05) is 35.7 Å². The number of aromatic hydroxyl groups is 1. The second-order valence-electron chi connectivity index (χ2n) is 5.29. The molecule has 0 atom stereocenters. The Kier molecular flexibility index (Phi) is 4.88. The van der Waals surface area contributed by atoms with E-state index in [1.807, 2.05) is 18.2 Å². The summed E-state index contributed by atoms with van der Waals surface area (Å²) < 4.78 is 24.9. The number of para-hydroxylation sites is 1. The van der Waals surface area contributed by atoms with Crippen LogP contribution in [0.1, 0.15) is 17.5 Å². The minimum atomic E-state index is -0.723. The van der Waals surface area contributed by atoms with Gasteiger partial charge in [-0.25, -0.2) is 4.39 Å². The predicted octanol–water partition coefficient (Wildman–Crippen LogP) is 3.64. The molecule has 1 aliphatic heterocycles. The fraction of sp³-hybridized carbons (Fsp3) is 0.294. The Morgan fingerprint density at radius 1 is 1.13 bits per heavy atom. The highest BCUT2D eigenvalue weighted by Crippen LogP contribution is 2.33. The Bertz CT molecular complexity index is 708. The molecule has 1 heterocycles. The lowest BCUT2D eigenvalue weighted by Gasteiger charge is -2.13. The molecular formula is C17H17ClFNO3. The zero-order valence-electron chi connectivity index (χ0n) is 12.4. The first-order valence-corrected chi connectivity index (χ1v) is 7.78. The quantitative estimate of drug-likeness (QED) is 0.894. The van der Waals surface area contributed by atoms with E-state index in [1.54, 1.807) is 0 Å². The Hall–Kier alpha value is -1.98. The summed E-state index contributed by atoms with van der Waals surface area (Å²) in [5.41, 5.74) is 1.36. The van der Waals surface area contributed by atoms with Crippen molar-refractivity contribution in [3.8, 4) is 17.2 Å². The lowest BCUT2D eigenvalue weighted by atomic mass is 10.1. The Balaban J connectivity index is 1.70. The standard InChI is InChI=1S/C17H17ClFNO3/c18-13-7-12(16(21)14(19)8-13)10-20-9-11-3-1-4-15-17(11)23-6-2-5-22-15/h1,3-4,7-8,20-21H,2,5-6,9-10H2. The van der Waals surface area contributed by atoms with Gasteiger partial charge in [-0.05, 0) is 18.2 Å². The van der Waals surface area contributed by atoms with E-state index < -0.39 is 5.82 Å². The molecule has 0 saturated heterocycles. The minimum Gasteiger partial charge on any atom is -0.505 e. The molecule has 122 valence electrons. The van der Waals surface area contributed by atoms with E-state index in [0.717, 1.165) is 29.5 Å². The molecule has 0 aliphatic carbocycles. The fourth-order valence-corrected chi connectivity index (χ4v) is 2.71. The minimum absolute atomic E-state index is 0.252. The molecule has 0 fully saturated rings. The van der Waals surface area contributed by atoms with Gasteiger partial charge >= 0.3 is 0 Å². The molecule has 2 aromatic rings. The monoisotopic (exact) mass is 337 g/mol. The summed E-state index contributed by atoms with van der Waals surface area (Å²) >= 11 is 5.82. The first-order valence-electron chi connectivity index (χ1n) is 7.40. The molecule has 3 rings (SSSR count). The van der Waals surface area contributed by atoms with Crippen LogP contribution < -0.4 is 14.8 Å². The summed E-state index contributed by atoms with van der Waals surface area (Å²) in [6, 6.07) is 8.35. The van der Waals surface area contributed by atoms with Gasteiger partial charge in [-0.15, -0.1) is 0 Å². The number of ether oxygens (including phenoxy) is 2. The number of halogens is 2. The van der Waals surface area contributed by atoms with Crippen LogP contribution in [0.2, 0.25) is 5.02 Å². The smallest absolute Gasteiger partial charge is 0.166 e. The van der Waals surface area contributed by atoms with Gasteiger partial charge in [0.15, 0.2) is 23.1 Å². The molecule has 0 amide bonds. The highest BCUT2D eigenvalue weighted by atomic mass is 35.5. The van der Waals surface area contributed by atoms with Crippen molar-refractivity contribution in [2.75, 3.05) is 13.2 Å². The van der Waals surface area contributed by atoms with Crippen molar-refractivity contribution >= 4 is 11.6 Å². The molecule has 0 aromatic heterocycles. The van der Waals surface area contributed by atoms with Crippen LogP contribution in [0.15, 0.2) is 30.3 Å². The van der Waals surface area contributed by atoms with E-state index in [2.05, 4.69) is 5.32 Å². The van der Waals surface area contributed by atoms with E-state index in [-0.39, 0.29) is 17.3 Å². The van der Waals surface area contributed by atoms with Gasteiger partial charge in [0.2, 0.25) is 0 Å². The Morgan fingerprint density at radius 3 is 2.78 bits per heavy atom. The first-order chi connectivity index (χ1) is 11.1. The average Bonchev–Trinajstić information content (AvgIpc) is 2.78. The van der Waals surface area contributed by atoms with Gasteiger partial charge in [0.25, 0.3) is 0 Å². The lowest BCUT2D eigenvalue weighted by molar-refractivity contribution is 0.296. The van der Waals surface area contributed by atoms with Gasteiger partial charge in [-0.1, -0.05) is 23.7 Å². The van der Waals surface area contributed by atoms with Crippen molar-refractivity contribution in [2.45, 2.75) is 19.5 Å². The van der Waals surface area contributed by atoms with Crippen molar-refractivity contribution in [1.82, 2.24) is 5.32 Å². The topological polar surface area (TPSA) is 50.7 Å². The highest BCUT2D eigenvalue weighted by Gasteiger charge is 2.14. The number of hydrogen-bond acceptors (Lipinski definition) is 4. The second-order valence-corrected chi connectivity index (χ2v) is 5.73. The van der Waals surface area contributed by atoms with Crippen LogP contribution in [0.25, 0.3) is 0 Å². The van der Waals surface area contributed by atoms with E-state index in [1.165, 1.54) is 6.07 Å². The average molecular weight is 338 g/mol. The van der Waals surface area contributed by atoms with Gasteiger partial charge < -0.3 is 19.9 Å². The number of rotatable bonds is 4. The molecule has 0 unspecified atom stereocenters. The summed E-state index contributed by atoms with van der Waals surface area (Å²) in [5.74, 6) is 0.366. The molecule has 1 aliphatic rings. The lowest BCUT2D eigenvalue weighted by Crippen LogP contribution is -2.14. The van der Waals surface area contributed by atoms with Crippen LogP contribution in [0.5, 0.6) is 17.2 Å². The van der Waals surface area contributed by atoms with Crippen LogP contribution in [0.4, 0.5) is 4.39 Å². The highest BCUT2D eigenvalue weighted by molar-refractivity contribution is 6.30. The van der Waals surface area contributed by atoms with Gasteiger partial charge in [0.1, 0.15) is 0 Å². The molecule has 2 aromatic carbocycles. The molecule has 0 spiro atoms. The second kappa shape index (κ2) is 7.06. The molecular weight excluding hydrogens is 321 g/mol. The normalized spacial score (nSPS) is 13.7. The van der Waals surface area contributed by atoms with E-state index in [4.69, 9.17) is 21.1 Å². The van der Waals surface area contributed by atoms with Gasteiger partial charge in [-0.3, -0.25) is 0 Å². The SMILES string of the molecule is Oc1c(F)cc(Cl)cc1CNCc1cccc2c1OCCCO2. The van der Waals surface area contributed by atoms with Gasteiger partial charge in [-0.2, -0.15) is 0 Å². The van der Waals surface area contributed by atoms with Crippen molar-refractivity contribution < 1.29 is 19.0 Å². The van der Waals surface area contributed by atoms with E-state index in [0.29, 0.717) is 25.3 Å². The molecule has 23 heavy (non-hydrogen) atoms. The third-order valence-electron chi connectivity index (χ3n) is 3.59. The fourth-order valence-electron chi connectivity index (χ4n) is 2.48. The van der Waals surface area contributed by atoms with Crippen molar-refractivity contribution in [3.05, 3.63) is 52.3 Å². The number of phenols is 1. The summed E-state index contributed by atoms with van der Waals surface area (Å²) in [6.07, 6.45) is 0.844. The summed E-state index contributed by atoms with van der Waals surface area (Å²) in [6.45, 7) is 2.04. The summed E-state index contributed by atoms with van der Waals surface area (Å²) in [4.78, 5) is 0. The third kappa shape index (κ3) is 3.68. The third-order valence-corrected chi connectivity index (χ3v) is 3.81.